The van der Waals surface area contributed by atoms with Crippen molar-refractivity contribution in [1.82, 2.24) is 19.4 Å². The van der Waals surface area contributed by atoms with Crippen LogP contribution in [0.25, 0.3) is 0 Å². The van der Waals surface area contributed by atoms with Gasteiger partial charge in [0.15, 0.2) is 5.15 Å². The molecular weight excluding hydrogens is 276 g/mol. The van der Waals surface area contributed by atoms with E-state index < -0.39 is 10.0 Å². The molecule has 1 aliphatic heterocycles. The van der Waals surface area contributed by atoms with Gasteiger partial charge in [0.1, 0.15) is 0 Å². The van der Waals surface area contributed by atoms with Crippen LogP contribution in [0.4, 0.5) is 0 Å². The summed E-state index contributed by atoms with van der Waals surface area (Å²) in [6.45, 7) is 3.14. The van der Waals surface area contributed by atoms with Gasteiger partial charge in [0.05, 0.1) is 11.9 Å². The fraction of sp³-hybridized carbons (Fsp3) is 0.600. The number of sulfonamides is 1. The van der Waals surface area contributed by atoms with E-state index in [1.165, 1.54) is 10.6 Å². The van der Waals surface area contributed by atoms with E-state index >= 15 is 0 Å². The highest BCUT2D eigenvalue weighted by atomic mass is 35.5. The summed E-state index contributed by atoms with van der Waals surface area (Å²) >= 11 is 5.66. The van der Waals surface area contributed by atoms with Crippen molar-refractivity contribution >= 4 is 21.6 Å². The van der Waals surface area contributed by atoms with Gasteiger partial charge < -0.3 is 0 Å². The number of aromatic nitrogens is 2. The molecule has 1 fully saturated rings. The summed E-state index contributed by atoms with van der Waals surface area (Å²) in [6.07, 6.45) is 1.24. The van der Waals surface area contributed by atoms with Gasteiger partial charge in [0.25, 0.3) is 0 Å². The molecule has 0 radical (unpaired) electrons. The fourth-order valence-corrected chi connectivity index (χ4v) is 2.80. The first-order chi connectivity index (χ1) is 8.45. The minimum absolute atomic E-state index is 0.376. The summed E-state index contributed by atoms with van der Waals surface area (Å²) in [4.78, 5) is 2.15. The van der Waals surface area contributed by atoms with Crippen molar-refractivity contribution in [2.45, 2.75) is 6.54 Å². The largest absolute Gasteiger partial charge is 0.295 e. The Morgan fingerprint density at radius 1 is 1.22 bits per heavy atom. The van der Waals surface area contributed by atoms with E-state index in [-0.39, 0.29) is 0 Å². The van der Waals surface area contributed by atoms with Gasteiger partial charge in [-0.25, -0.2) is 8.42 Å². The Hall–Kier alpha value is -0.760. The van der Waals surface area contributed by atoms with Crippen LogP contribution in [0.5, 0.6) is 0 Å². The molecule has 0 bridgehead atoms. The van der Waals surface area contributed by atoms with Crippen molar-refractivity contribution in [3.05, 3.63) is 23.0 Å². The van der Waals surface area contributed by atoms with Gasteiger partial charge in [-0.3, -0.25) is 4.90 Å². The zero-order valence-corrected chi connectivity index (χ0v) is 11.7. The molecule has 2 heterocycles. The predicted molar refractivity (Wildman–Crippen MR) is 68.7 cm³/mol. The Morgan fingerprint density at radius 2 is 1.89 bits per heavy atom. The van der Waals surface area contributed by atoms with Crippen LogP contribution in [0.3, 0.4) is 0 Å². The second-order valence-corrected chi connectivity index (χ2v) is 6.66. The third kappa shape index (κ3) is 3.61. The van der Waals surface area contributed by atoms with Gasteiger partial charge in [-0.1, -0.05) is 11.6 Å². The molecule has 0 saturated carbocycles. The van der Waals surface area contributed by atoms with Gasteiger partial charge >= 0.3 is 0 Å². The summed E-state index contributed by atoms with van der Waals surface area (Å²) in [5.41, 5.74) is 0.840. The monoisotopic (exact) mass is 290 g/mol. The molecule has 1 aliphatic rings. The van der Waals surface area contributed by atoms with Crippen LogP contribution in [0.1, 0.15) is 5.69 Å². The number of piperazine rings is 1. The Morgan fingerprint density at radius 3 is 2.39 bits per heavy atom. The van der Waals surface area contributed by atoms with E-state index in [4.69, 9.17) is 11.6 Å². The summed E-state index contributed by atoms with van der Waals surface area (Å²) in [7, 11) is -3.07. The van der Waals surface area contributed by atoms with Crippen LogP contribution in [0, 0.1) is 0 Å². The van der Waals surface area contributed by atoms with Gasteiger partial charge in [0.2, 0.25) is 10.0 Å². The lowest BCUT2D eigenvalue weighted by Gasteiger charge is -2.32. The molecule has 0 aromatic carbocycles. The SMILES string of the molecule is CS(=O)(=O)N1CCN(Cc2ccc(Cl)nn2)CC1. The first-order valence-corrected chi connectivity index (χ1v) is 7.83. The third-order valence-corrected chi connectivity index (χ3v) is 4.38. The van der Waals surface area contributed by atoms with E-state index in [0.29, 0.717) is 37.9 Å². The number of halogens is 1. The molecule has 0 aliphatic carbocycles. The zero-order valence-electron chi connectivity index (χ0n) is 10.1. The lowest BCUT2D eigenvalue weighted by molar-refractivity contribution is 0.180. The van der Waals surface area contributed by atoms with Crippen LogP contribution in [0.2, 0.25) is 5.15 Å². The summed E-state index contributed by atoms with van der Waals surface area (Å²) < 4.78 is 24.2. The van der Waals surface area contributed by atoms with Crippen LogP contribution in [-0.4, -0.2) is 60.3 Å². The highest BCUT2D eigenvalue weighted by Gasteiger charge is 2.23. The van der Waals surface area contributed by atoms with E-state index in [9.17, 15) is 8.42 Å². The maximum atomic E-state index is 11.4. The highest BCUT2D eigenvalue weighted by molar-refractivity contribution is 7.88. The number of hydrogen-bond acceptors (Lipinski definition) is 5. The van der Waals surface area contributed by atoms with E-state index in [1.54, 1.807) is 6.07 Å². The summed E-state index contributed by atoms with van der Waals surface area (Å²) in [5, 5.41) is 8.14. The normalized spacial score (nSPS) is 19.0. The molecule has 0 atom stereocenters. The fourth-order valence-electron chi connectivity index (χ4n) is 1.88. The van der Waals surface area contributed by atoms with Crippen LogP contribution in [0.15, 0.2) is 12.1 Å². The molecule has 100 valence electrons. The molecule has 0 spiro atoms. The molecule has 6 nitrogen and oxygen atoms in total. The minimum atomic E-state index is -3.07. The summed E-state index contributed by atoms with van der Waals surface area (Å²) in [6, 6.07) is 3.54. The van der Waals surface area contributed by atoms with Gasteiger partial charge in [-0.15, -0.1) is 5.10 Å². The molecule has 1 aromatic heterocycles. The van der Waals surface area contributed by atoms with Crippen molar-refractivity contribution < 1.29 is 8.42 Å². The van der Waals surface area contributed by atoms with Gasteiger partial charge in [0, 0.05) is 32.7 Å². The van der Waals surface area contributed by atoms with Gasteiger partial charge in [-0.2, -0.15) is 9.40 Å². The van der Waals surface area contributed by atoms with Crippen molar-refractivity contribution in [1.29, 1.82) is 0 Å². The third-order valence-electron chi connectivity index (χ3n) is 2.87. The van der Waals surface area contributed by atoms with Crippen molar-refractivity contribution in [3.8, 4) is 0 Å². The topological polar surface area (TPSA) is 66.4 Å². The quantitative estimate of drug-likeness (QED) is 0.796. The molecule has 1 aromatic rings. The standard InChI is InChI=1S/C10H15ClN4O2S/c1-18(16,17)15-6-4-14(5-7-15)8-9-2-3-10(11)13-12-9/h2-3H,4-8H2,1H3. The number of rotatable bonds is 3. The van der Waals surface area contributed by atoms with E-state index in [0.717, 1.165) is 5.69 Å². The lowest BCUT2D eigenvalue weighted by Crippen LogP contribution is -2.47. The number of hydrogen-bond donors (Lipinski definition) is 0. The number of nitrogens with zero attached hydrogens (tertiary/aromatic N) is 4. The maximum absolute atomic E-state index is 11.4. The van der Waals surface area contributed by atoms with E-state index in [1.807, 2.05) is 6.07 Å². The molecule has 1 saturated heterocycles. The molecule has 8 heteroatoms. The lowest BCUT2D eigenvalue weighted by atomic mass is 10.3. The Bertz CT molecular complexity index is 497. The molecule has 0 amide bonds. The van der Waals surface area contributed by atoms with Crippen LogP contribution in [-0.2, 0) is 16.6 Å². The summed E-state index contributed by atoms with van der Waals surface area (Å²) in [5.74, 6) is 0. The average molecular weight is 291 g/mol. The maximum Gasteiger partial charge on any atom is 0.211 e. The average Bonchev–Trinajstić information content (AvgIpc) is 2.32. The zero-order chi connectivity index (χ0) is 13.2. The van der Waals surface area contributed by atoms with Crippen LogP contribution < -0.4 is 0 Å². The Balaban J connectivity index is 1.89. The van der Waals surface area contributed by atoms with E-state index in [2.05, 4.69) is 15.1 Å². The molecule has 18 heavy (non-hydrogen) atoms. The molecule has 0 unspecified atom stereocenters. The highest BCUT2D eigenvalue weighted by Crippen LogP contribution is 2.10. The molecule has 2 rings (SSSR count). The Labute approximate surface area is 112 Å². The van der Waals surface area contributed by atoms with Crippen molar-refractivity contribution in [2.24, 2.45) is 0 Å². The first-order valence-electron chi connectivity index (χ1n) is 5.61. The molecular formula is C10H15ClN4O2S. The predicted octanol–water partition coefficient (Wildman–Crippen LogP) is 0.207. The van der Waals surface area contributed by atoms with Crippen molar-refractivity contribution in [3.63, 3.8) is 0 Å². The first kappa shape index (κ1) is 13.7. The molecule has 0 N–H and O–H groups in total. The smallest absolute Gasteiger partial charge is 0.211 e. The second kappa shape index (κ2) is 5.48. The second-order valence-electron chi connectivity index (χ2n) is 4.29. The van der Waals surface area contributed by atoms with Crippen molar-refractivity contribution in [2.75, 3.05) is 32.4 Å². The van der Waals surface area contributed by atoms with Gasteiger partial charge in [-0.05, 0) is 12.1 Å². The minimum Gasteiger partial charge on any atom is -0.295 e. The van der Waals surface area contributed by atoms with Crippen LogP contribution >= 0.6 is 11.6 Å². The Kier molecular flexibility index (Phi) is 4.16.